The van der Waals surface area contributed by atoms with Gasteiger partial charge in [-0.15, -0.1) is 11.3 Å². The van der Waals surface area contributed by atoms with Gasteiger partial charge in [0.25, 0.3) is 5.91 Å². The third kappa shape index (κ3) is 3.64. The van der Waals surface area contributed by atoms with Crippen LogP contribution in [-0.2, 0) is 6.18 Å². The van der Waals surface area contributed by atoms with Crippen LogP contribution in [0.3, 0.4) is 0 Å². The number of hydrogen-bond acceptors (Lipinski definition) is 5. The molecule has 1 saturated carbocycles. The molecule has 1 fully saturated rings. The number of alkyl halides is 3. The SMILES string of the molecule is CNC(=O)c1csc2c(C(F)(F)F)c(C)c(O[C@H]3C[C@H](NC(=O)O)C3)nc12. The van der Waals surface area contributed by atoms with E-state index >= 15 is 0 Å². The fourth-order valence-corrected chi connectivity index (χ4v) is 4.08. The summed E-state index contributed by atoms with van der Waals surface area (Å²) in [4.78, 5) is 26.7. The molecule has 0 aromatic carbocycles. The second kappa shape index (κ2) is 6.87. The summed E-state index contributed by atoms with van der Waals surface area (Å²) in [6, 6.07) is -0.304. The van der Waals surface area contributed by atoms with Gasteiger partial charge in [-0.25, -0.2) is 9.78 Å². The van der Waals surface area contributed by atoms with Crippen LogP contribution in [0.4, 0.5) is 18.0 Å². The zero-order valence-electron chi connectivity index (χ0n) is 14.3. The Balaban J connectivity index is 1.99. The fourth-order valence-electron chi connectivity index (χ4n) is 2.97. The van der Waals surface area contributed by atoms with Crippen molar-refractivity contribution in [3.8, 4) is 5.88 Å². The number of halogens is 3. The van der Waals surface area contributed by atoms with Gasteiger partial charge in [0.1, 0.15) is 6.10 Å². The highest BCUT2D eigenvalue weighted by Gasteiger charge is 2.39. The lowest BCUT2D eigenvalue weighted by Gasteiger charge is -2.35. The third-order valence-corrected chi connectivity index (χ3v) is 5.34. The molecule has 0 spiro atoms. The van der Waals surface area contributed by atoms with Crippen molar-refractivity contribution in [3.05, 3.63) is 22.1 Å². The van der Waals surface area contributed by atoms with Crippen LogP contribution in [0, 0.1) is 6.92 Å². The monoisotopic (exact) mass is 403 g/mol. The van der Waals surface area contributed by atoms with Crippen molar-refractivity contribution in [2.24, 2.45) is 0 Å². The number of nitrogens with one attached hydrogen (secondary N) is 2. The van der Waals surface area contributed by atoms with Crippen LogP contribution in [0.15, 0.2) is 5.38 Å². The predicted molar refractivity (Wildman–Crippen MR) is 91.3 cm³/mol. The summed E-state index contributed by atoms with van der Waals surface area (Å²) in [5, 5.41) is 14.7. The van der Waals surface area contributed by atoms with Crippen LogP contribution in [0.2, 0.25) is 0 Å². The van der Waals surface area contributed by atoms with Crippen LogP contribution in [0.25, 0.3) is 10.2 Å². The van der Waals surface area contributed by atoms with Crippen molar-refractivity contribution in [1.29, 1.82) is 0 Å². The van der Waals surface area contributed by atoms with E-state index in [0.29, 0.717) is 12.8 Å². The summed E-state index contributed by atoms with van der Waals surface area (Å²) in [6.45, 7) is 1.27. The smallest absolute Gasteiger partial charge is 0.418 e. The molecule has 2 amide bonds. The average Bonchev–Trinajstić information content (AvgIpc) is 2.93. The van der Waals surface area contributed by atoms with Gasteiger partial charge in [-0.1, -0.05) is 0 Å². The molecule has 0 unspecified atom stereocenters. The molecule has 2 heterocycles. The van der Waals surface area contributed by atoms with Crippen molar-refractivity contribution in [1.82, 2.24) is 15.6 Å². The number of aromatic nitrogens is 1. The lowest BCUT2D eigenvalue weighted by molar-refractivity contribution is -0.136. The van der Waals surface area contributed by atoms with Gasteiger partial charge >= 0.3 is 12.3 Å². The van der Waals surface area contributed by atoms with E-state index < -0.39 is 29.8 Å². The van der Waals surface area contributed by atoms with E-state index in [1.807, 2.05) is 0 Å². The van der Waals surface area contributed by atoms with Crippen molar-refractivity contribution < 1.29 is 32.6 Å². The molecule has 3 N–H and O–H groups in total. The number of fused-ring (bicyclic) bond motifs is 1. The summed E-state index contributed by atoms with van der Waals surface area (Å²) in [5.41, 5.74) is -1.05. The number of nitrogens with zero attached hydrogens (tertiary/aromatic N) is 1. The number of rotatable bonds is 4. The number of carbonyl (C=O) groups excluding carboxylic acids is 1. The molecular weight excluding hydrogens is 387 g/mol. The molecule has 0 saturated heterocycles. The zero-order chi connectivity index (χ0) is 19.9. The summed E-state index contributed by atoms with van der Waals surface area (Å²) in [7, 11) is 1.38. The van der Waals surface area contributed by atoms with Gasteiger partial charge in [-0.3, -0.25) is 4.79 Å². The van der Waals surface area contributed by atoms with Gasteiger partial charge < -0.3 is 20.5 Å². The van der Waals surface area contributed by atoms with Crippen LogP contribution in [0.1, 0.15) is 34.3 Å². The maximum Gasteiger partial charge on any atom is 0.418 e. The number of ether oxygens (including phenoxy) is 1. The van der Waals surface area contributed by atoms with Crippen molar-refractivity contribution in [3.63, 3.8) is 0 Å². The van der Waals surface area contributed by atoms with E-state index in [4.69, 9.17) is 9.84 Å². The summed E-state index contributed by atoms with van der Waals surface area (Å²) >= 11 is 0.806. The first-order valence-corrected chi connectivity index (χ1v) is 8.87. The Bertz CT molecular complexity index is 906. The van der Waals surface area contributed by atoms with Crippen LogP contribution < -0.4 is 15.4 Å². The third-order valence-electron chi connectivity index (χ3n) is 4.36. The fraction of sp³-hybridized carbons (Fsp3) is 0.438. The molecule has 11 heteroatoms. The van der Waals surface area contributed by atoms with Crippen molar-refractivity contribution in [2.75, 3.05) is 7.05 Å². The normalized spacial score (nSPS) is 19.4. The van der Waals surface area contributed by atoms with E-state index in [2.05, 4.69) is 15.6 Å². The second-order valence-corrected chi connectivity index (χ2v) is 7.06. The van der Waals surface area contributed by atoms with Crippen molar-refractivity contribution in [2.45, 2.75) is 38.1 Å². The lowest BCUT2D eigenvalue weighted by Crippen LogP contribution is -2.48. The average molecular weight is 403 g/mol. The number of pyridine rings is 1. The number of hydrogen-bond donors (Lipinski definition) is 3. The quantitative estimate of drug-likeness (QED) is 0.728. The summed E-state index contributed by atoms with van der Waals surface area (Å²) in [6.07, 6.45) is -5.59. The van der Waals surface area contributed by atoms with Gasteiger partial charge in [-0.2, -0.15) is 13.2 Å². The van der Waals surface area contributed by atoms with Gasteiger partial charge in [0.2, 0.25) is 5.88 Å². The Morgan fingerprint density at radius 1 is 1.37 bits per heavy atom. The summed E-state index contributed by atoms with van der Waals surface area (Å²) in [5.74, 6) is -0.733. The Hall–Kier alpha value is -2.56. The molecule has 0 radical (unpaired) electrons. The molecule has 146 valence electrons. The molecule has 0 aliphatic heterocycles. The molecule has 7 nitrogen and oxygen atoms in total. The topological polar surface area (TPSA) is 101 Å². The van der Waals surface area contributed by atoms with E-state index in [0.717, 1.165) is 11.3 Å². The molecule has 2 aromatic rings. The van der Waals surface area contributed by atoms with Gasteiger partial charge in [0.05, 0.1) is 21.3 Å². The maximum atomic E-state index is 13.6. The number of amides is 2. The van der Waals surface area contributed by atoms with E-state index in [1.54, 1.807) is 0 Å². The Morgan fingerprint density at radius 2 is 2.04 bits per heavy atom. The molecule has 0 atom stereocenters. The van der Waals surface area contributed by atoms with E-state index in [1.165, 1.54) is 19.4 Å². The highest BCUT2D eigenvalue weighted by atomic mass is 32.1. The maximum absolute atomic E-state index is 13.6. The highest BCUT2D eigenvalue weighted by Crippen LogP contribution is 2.43. The Morgan fingerprint density at radius 3 is 2.59 bits per heavy atom. The number of carboxylic acid groups (broad SMARTS) is 1. The first kappa shape index (κ1) is 19.2. The van der Waals surface area contributed by atoms with Gasteiger partial charge in [-0.05, 0) is 6.92 Å². The first-order chi connectivity index (χ1) is 12.6. The molecule has 3 rings (SSSR count). The largest absolute Gasteiger partial charge is 0.474 e. The minimum atomic E-state index is -4.64. The highest BCUT2D eigenvalue weighted by molar-refractivity contribution is 7.17. The van der Waals surface area contributed by atoms with Crippen LogP contribution >= 0.6 is 11.3 Å². The molecule has 27 heavy (non-hydrogen) atoms. The molecule has 1 aliphatic carbocycles. The van der Waals surface area contributed by atoms with E-state index in [9.17, 15) is 22.8 Å². The molecule has 2 aromatic heterocycles. The van der Waals surface area contributed by atoms with Crippen LogP contribution in [-0.4, -0.2) is 41.3 Å². The van der Waals surface area contributed by atoms with E-state index in [-0.39, 0.29) is 33.3 Å². The first-order valence-electron chi connectivity index (χ1n) is 7.99. The minimum Gasteiger partial charge on any atom is -0.474 e. The number of carbonyl (C=O) groups is 2. The Kier molecular flexibility index (Phi) is 4.89. The molecule has 0 bridgehead atoms. The van der Waals surface area contributed by atoms with Crippen molar-refractivity contribution >= 4 is 33.6 Å². The summed E-state index contributed by atoms with van der Waals surface area (Å²) < 4.78 is 46.4. The number of thiophene rings is 1. The standard InChI is InChI=1S/C16H16F3N3O4S/c1-6-10(16(17,18)19)12-11(9(5-27-12)13(23)20-2)22-14(6)26-8-3-7(4-8)21-15(24)25/h5,7-8,21H,3-4H2,1-2H3,(H,20,23)(H,24,25)/t7-,8-. The van der Waals surface area contributed by atoms with Crippen LogP contribution in [0.5, 0.6) is 5.88 Å². The molecule has 1 aliphatic rings. The molecular formula is C16H16F3N3O4S. The predicted octanol–water partition coefficient (Wildman–Crippen LogP) is 3.16. The van der Waals surface area contributed by atoms with Gasteiger partial charge in [0, 0.05) is 36.9 Å². The second-order valence-electron chi connectivity index (χ2n) is 6.18. The lowest BCUT2D eigenvalue weighted by atomic mass is 9.89. The minimum absolute atomic E-state index is 0.0480. The Labute approximate surface area is 155 Å². The van der Waals surface area contributed by atoms with Gasteiger partial charge in [0.15, 0.2) is 0 Å². The zero-order valence-corrected chi connectivity index (χ0v) is 15.1.